The zero-order valence-electron chi connectivity index (χ0n) is 21.5. The molecule has 0 fully saturated rings. The fourth-order valence-electron chi connectivity index (χ4n) is 4.17. The summed E-state index contributed by atoms with van der Waals surface area (Å²) in [6, 6.07) is 13.6. The zero-order valence-corrected chi connectivity index (χ0v) is 22.3. The predicted octanol–water partition coefficient (Wildman–Crippen LogP) is 5.92. The molecule has 2 heterocycles. The Morgan fingerprint density at radius 3 is 2.76 bits per heavy atom. The molecule has 0 aliphatic rings. The number of ether oxygens (including phenoxy) is 2. The fourth-order valence-corrected chi connectivity index (χ4v) is 4.37. The van der Waals surface area contributed by atoms with E-state index in [2.05, 4.69) is 34.7 Å². The normalized spacial score (nSPS) is 12.1. The van der Waals surface area contributed by atoms with E-state index in [0.717, 1.165) is 58.5 Å². The van der Waals surface area contributed by atoms with Crippen LogP contribution in [0.4, 0.5) is 5.82 Å². The first kappa shape index (κ1) is 26.8. The summed E-state index contributed by atoms with van der Waals surface area (Å²) in [5.41, 5.74) is 3.46. The van der Waals surface area contributed by atoms with Crippen LogP contribution in [0, 0.1) is 6.92 Å². The van der Waals surface area contributed by atoms with E-state index in [4.69, 9.17) is 26.1 Å². The molecule has 37 heavy (non-hydrogen) atoms. The first-order chi connectivity index (χ1) is 18.0. The number of benzene rings is 2. The fraction of sp³-hybridized carbons (Fsp3) is 0.345. The van der Waals surface area contributed by atoms with E-state index in [0.29, 0.717) is 24.3 Å². The SMILES string of the molecule is COC(=O)c1ccc2c(c1)nc(N[C@H](C)COCCCCNCc1ccc(C)c(Cl)c1)c1ccncc12. The molecule has 2 aromatic heterocycles. The van der Waals surface area contributed by atoms with E-state index in [1.807, 2.05) is 31.3 Å². The molecule has 0 spiro atoms. The summed E-state index contributed by atoms with van der Waals surface area (Å²) < 4.78 is 10.8. The number of aromatic nitrogens is 2. The molecular formula is C29H33ClN4O3. The van der Waals surface area contributed by atoms with Crippen molar-refractivity contribution in [2.75, 3.05) is 32.2 Å². The Balaban J connectivity index is 1.26. The first-order valence-electron chi connectivity index (χ1n) is 12.5. The van der Waals surface area contributed by atoms with Crippen LogP contribution < -0.4 is 10.6 Å². The lowest BCUT2D eigenvalue weighted by Gasteiger charge is -2.17. The highest BCUT2D eigenvalue weighted by Crippen LogP contribution is 2.29. The van der Waals surface area contributed by atoms with Crippen LogP contribution in [0.15, 0.2) is 54.9 Å². The average molecular weight is 521 g/mol. The molecular weight excluding hydrogens is 488 g/mol. The largest absolute Gasteiger partial charge is 0.465 e. The van der Waals surface area contributed by atoms with Gasteiger partial charge in [0.25, 0.3) is 0 Å². The van der Waals surface area contributed by atoms with E-state index < -0.39 is 0 Å². The van der Waals surface area contributed by atoms with Gasteiger partial charge in [-0.05, 0) is 68.6 Å². The summed E-state index contributed by atoms with van der Waals surface area (Å²) in [6.07, 6.45) is 5.60. The van der Waals surface area contributed by atoms with E-state index >= 15 is 0 Å². The molecule has 194 valence electrons. The first-order valence-corrected chi connectivity index (χ1v) is 12.9. The standard InChI is InChI=1S/C29H33ClN4O3/c1-19-6-7-21(14-26(19)30)16-31-11-4-5-13-37-18-20(2)33-28-24-10-12-32-17-25(24)23-9-8-22(29(35)36-3)15-27(23)34-28/h6-10,12,14-15,17,20,31H,4-5,11,13,16,18H2,1-3H3,(H,33,34)/t20-/m1/s1. The molecule has 0 bridgehead atoms. The third kappa shape index (κ3) is 6.95. The molecule has 2 N–H and O–H groups in total. The van der Waals surface area contributed by atoms with Crippen molar-refractivity contribution in [1.29, 1.82) is 0 Å². The average Bonchev–Trinajstić information content (AvgIpc) is 2.91. The third-order valence-corrected chi connectivity index (χ3v) is 6.63. The topological polar surface area (TPSA) is 85.4 Å². The van der Waals surface area contributed by atoms with Crippen LogP contribution in [0.5, 0.6) is 0 Å². The van der Waals surface area contributed by atoms with Gasteiger partial charge in [-0.3, -0.25) is 4.98 Å². The number of carbonyl (C=O) groups is 1. The summed E-state index contributed by atoms with van der Waals surface area (Å²) in [5, 5.41) is 10.6. The number of carbonyl (C=O) groups excluding carboxylic acids is 1. The lowest BCUT2D eigenvalue weighted by atomic mass is 10.1. The summed E-state index contributed by atoms with van der Waals surface area (Å²) >= 11 is 6.19. The maximum atomic E-state index is 12.0. The summed E-state index contributed by atoms with van der Waals surface area (Å²) in [7, 11) is 1.37. The molecule has 0 saturated carbocycles. The maximum absolute atomic E-state index is 12.0. The molecule has 0 aliphatic carbocycles. The number of rotatable bonds is 12. The van der Waals surface area contributed by atoms with Crippen molar-refractivity contribution >= 4 is 45.1 Å². The van der Waals surface area contributed by atoms with Crippen LogP contribution in [0.3, 0.4) is 0 Å². The van der Waals surface area contributed by atoms with Crippen molar-refractivity contribution in [3.05, 3.63) is 76.6 Å². The van der Waals surface area contributed by atoms with Crippen molar-refractivity contribution in [2.24, 2.45) is 0 Å². The Bertz CT molecular complexity index is 1380. The van der Waals surface area contributed by atoms with Crippen molar-refractivity contribution in [2.45, 2.75) is 39.3 Å². The number of unbranched alkanes of at least 4 members (excludes halogenated alkanes) is 1. The number of hydrogen-bond acceptors (Lipinski definition) is 7. The van der Waals surface area contributed by atoms with E-state index in [-0.39, 0.29) is 12.0 Å². The summed E-state index contributed by atoms with van der Waals surface area (Å²) in [6.45, 7) is 7.07. The highest BCUT2D eigenvalue weighted by molar-refractivity contribution is 6.31. The van der Waals surface area contributed by atoms with Gasteiger partial charge < -0.3 is 20.1 Å². The summed E-state index contributed by atoms with van der Waals surface area (Å²) in [4.78, 5) is 21.1. The van der Waals surface area contributed by atoms with E-state index in [1.165, 1.54) is 12.7 Å². The number of methoxy groups -OCH3 is 1. The Morgan fingerprint density at radius 1 is 1.08 bits per heavy atom. The van der Waals surface area contributed by atoms with E-state index in [9.17, 15) is 4.79 Å². The smallest absolute Gasteiger partial charge is 0.337 e. The lowest BCUT2D eigenvalue weighted by Crippen LogP contribution is -2.23. The minimum atomic E-state index is -0.388. The number of nitrogens with zero attached hydrogens (tertiary/aromatic N) is 2. The van der Waals surface area contributed by atoms with E-state index in [1.54, 1.807) is 18.3 Å². The third-order valence-electron chi connectivity index (χ3n) is 6.23. The number of anilines is 1. The van der Waals surface area contributed by atoms with Crippen molar-refractivity contribution in [3.8, 4) is 0 Å². The molecule has 4 rings (SSSR count). The number of aryl methyl sites for hydroxylation is 1. The molecule has 0 saturated heterocycles. The predicted molar refractivity (Wildman–Crippen MR) is 149 cm³/mol. The molecule has 2 aromatic carbocycles. The van der Waals surface area contributed by atoms with Gasteiger partial charge in [-0.1, -0.05) is 29.8 Å². The second-order valence-electron chi connectivity index (χ2n) is 9.19. The van der Waals surface area contributed by atoms with Crippen LogP contribution in [0.2, 0.25) is 5.02 Å². The van der Waals surface area contributed by atoms with Crippen LogP contribution in [-0.2, 0) is 16.0 Å². The second kappa shape index (κ2) is 12.8. The lowest BCUT2D eigenvalue weighted by molar-refractivity contribution is 0.0601. The van der Waals surface area contributed by atoms with Crippen molar-refractivity contribution < 1.29 is 14.3 Å². The number of halogens is 1. The van der Waals surface area contributed by atoms with Crippen molar-refractivity contribution in [1.82, 2.24) is 15.3 Å². The van der Waals surface area contributed by atoms with Gasteiger partial charge in [0.2, 0.25) is 0 Å². The van der Waals surface area contributed by atoms with Gasteiger partial charge in [0.05, 0.1) is 24.8 Å². The molecule has 1 atom stereocenters. The van der Waals surface area contributed by atoms with Gasteiger partial charge in [-0.25, -0.2) is 9.78 Å². The number of nitrogens with one attached hydrogen (secondary N) is 2. The van der Waals surface area contributed by atoms with Gasteiger partial charge >= 0.3 is 5.97 Å². The zero-order chi connectivity index (χ0) is 26.2. The molecule has 0 radical (unpaired) electrons. The maximum Gasteiger partial charge on any atom is 0.337 e. The van der Waals surface area contributed by atoms with Gasteiger partial charge in [0, 0.05) is 52.8 Å². The van der Waals surface area contributed by atoms with Gasteiger partial charge in [-0.15, -0.1) is 0 Å². The van der Waals surface area contributed by atoms with Gasteiger partial charge in [-0.2, -0.15) is 0 Å². The highest BCUT2D eigenvalue weighted by atomic mass is 35.5. The quantitative estimate of drug-likeness (QED) is 0.136. The summed E-state index contributed by atoms with van der Waals surface area (Å²) in [5.74, 6) is 0.351. The minimum absolute atomic E-state index is 0.0505. The molecule has 0 amide bonds. The number of esters is 1. The Morgan fingerprint density at radius 2 is 1.95 bits per heavy atom. The number of hydrogen-bond donors (Lipinski definition) is 2. The van der Waals surface area contributed by atoms with Crippen LogP contribution in [0.1, 0.15) is 41.3 Å². The Kier molecular flexibility index (Phi) is 9.28. The van der Waals surface area contributed by atoms with Crippen LogP contribution >= 0.6 is 11.6 Å². The molecule has 4 aromatic rings. The number of fused-ring (bicyclic) bond motifs is 3. The Hall–Kier alpha value is -3.26. The second-order valence-corrected chi connectivity index (χ2v) is 9.60. The monoisotopic (exact) mass is 520 g/mol. The van der Waals surface area contributed by atoms with Crippen LogP contribution in [0.25, 0.3) is 21.7 Å². The highest BCUT2D eigenvalue weighted by Gasteiger charge is 2.13. The molecule has 7 nitrogen and oxygen atoms in total. The molecule has 0 unspecified atom stereocenters. The molecule has 0 aliphatic heterocycles. The van der Waals surface area contributed by atoms with Crippen molar-refractivity contribution in [3.63, 3.8) is 0 Å². The number of pyridine rings is 2. The van der Waals surface area contributed by atoms with Gasteiger partial charge in [0.15, 0.2) is 0 Å². The van der Waals surface area contributed by atoms with Crippen LogP contribution in [-0.4, -0.2) is 48.8 Å². The van der Waals surface area contributed by atoms with Gasteiger partial charge in [0.1, 0.15) is 5.82 Å². The Labute approximate surface area is 222 Å². The molecule has 8 heteroatoms. The minimum Gasteiger partial charge on any atom is -0.465 e.